The Hall–Kier alpha value is -2.19. The summed E-state index contributed by atoms with van der Waals surface area (Å²) in [5.74, 6) is -1.30. The number of carbonyl (C=O) groups excluding carboxylic acids is 1. The molecule has 2 heterocycles. The number of nitrogens with one attached hydrogen (secondary N) is 1. The van der Waals surface area contributed by atoms with E-state index in [9.17, 15) is 18.0 Å². The first-order valence-corrected chi connectivity index (χ1v) is 7.60. The molecule has 2 aromatic heterocycles. The minimum absolute atomic E-state index is 0.00185. The summed E-state index contributed by atoms with van der Waals surface area (Å²) in [4.78, 5) is 19.6. The maximum Gasteiger partial charge on any atom is 0.453 e. The maximum absolute atomic E-state index is 12.8. The zero-order valence-corrected chi connectivity index (χ0v) is 14.2. The number of halogens is 3. The van der Waals surface area contributed by atoms with E-state index in [1.165, 1.54) is 0 Å². The van der Waals surface area contributed by atoms with Crippen molar-refractivity contribution in [2.45, 2.75) is 53.3 Å². The zero-order chi connectivity index (χ0) is 18.2. The van der Waals surface area contributed by atoms with E-state index in [1.807, 2.05) is 20.8 Å². The first-order valence-electron chi connectivity index (χ1n) is 7.60. The first-order chi connectivity index (χ1) is 11.0. The van der Waals surface area contributed by atoms with E-state index in [0.29, 0.717) is 17.0 Å². The van der Waals surface area contributed by atoms with E-state index in [-0.39, 0.29) is 30.1 Å². The van der Waals surface area contributed by atoms with Gasteiger partial charge in [-0.1, -0.05) is 13.8 Å². The molecule has 0 saturated heterocycles. The molecular weight excluding hydrogens is 323 g/mol. The van der Waals surface area contributed by atoms with Crippen LogP contribution in [-0.4, -0.2) is 31.5 Å². The molecule has 1 atom stereocenters. The summed E-state index contributed by atoms with van der Waals surface area (Å²) < 4.78 is 39.3. The van der Waals surface area contributed by atoms with Crippen molar-refractivity contribution in [3.8, 4) is 0 Å². The van der Waals surface area contributed by atoms with Gasteiger partial charge in [0.25, 0.3) is 11.6 Å². The number of fused-ring (bicyclic) bond motifs is 1. The van der Waals surface area contributed by atoms with Crippen LogP contribution in [-0.2, 0) is 17.4 Å². The molecule has 0 radical (unpaired) electrons. The molecule has 1 amide bonds. The third-order valence-corrected chi connectivity index (χ3v) is 4.03. The van der Waals surface area contributed by atoms with E-state index in [1.54, 1.807) is 13.8 Å². The largest absolute Gasteiger partial charge is 0.453 e. The predicted molar refractivity (Wildman–Crippen MR) is 81.4 cm³/mol. The van der Waals surface area contributed by atoms with Crippen molar-refractivity contribution in [1.29, 1.82) is 0 Å². The minimum atomic E-state index is -4.64. The normalized spacial score (nSPS) is 13.5. The molecule has 132 valence electrons. The van der Waals surface area contributed by atoms with Crippen molar-refractivity contribution < 1.29 is 18.0 Å². The van der Waals surface area contributed by atoms with Crippen LogP contribution in [0.4, 0.5) is 13.2 Å². The van der Waals surface area contributed by atoms with Crippen molar-refractivity contribution >= 4 is 11.7 Å². The highest BCUT2D eigenvalue weighted by Crippen LogP contribution is 2.27. The van der Waals surface area contributed by atoms with Gasteiger partial charge in [0.15, 0.2) is 0 Å². The first kappa shape index (κ1) is 18.2. The number of hydrogen-bond donors (Lipinski definition) is 1. The van der Waals surface area contributed by atoms with Crippen molar-refractivity contribution in [2.75, 3.05) is 0 Å². The number of hydrogen-bond acceptors (Lipinski definition) is 4. The van der Waals surface area contributed by atoms with Gasteiger partial charge in [-0.25, -0.2) is 9.50 Å². The molecular formula is C15H20F3N5O. The van der Waals surface area contributed by atoms with Crippen LogP contribution in [0.5, 0.6) is 0 Å². The molecule has 6 nitrogen and oxygen atoms in total. The van der Waals surface area contributed by atoms with Crippen molar-refractivity contribution in [3.05, 3.63) is 22.8 Å². The fourth-order valence-corrected chi connectivity index (χ4v) is 2.22. The lowest BCUT2D eigenvalue weighted by atomic mass is 10.0. The van der Waals surface area contributed by atoms with E-state index >= 15 is 0 Å². The van der Waals surface area contributed by atoms with Gasteiger partial charge < -0.3 is 5.32 Å². The van der Waals surface area contributed by atoms with Gasteiger partial charge in [-0.2, -0.15) is 18.2 Å². The Labute approximate surface area is 137 Å². The predicted octanol–water partition coefficient (Wildman–Crippen LogP) is 2.46. The molecule has 9 heteroatoms. The Kier molecular flexibility index (Phi) is 4.82. The highest BCUT2D eigenvalue weighted by Gasteiger charge is 2.37. The average molecular weight is 343 g/mol. The Bertz CT molecular complexity index is 767. The molecule has 1 N–H and O–H groups in total. The number of nitrogens with zero attached hydrogens (tertiary/aromatic N) is 4. The second kappa shape index (κ2) is 6.37. The fourth-order valence-electron chi connectivity index (χ4n) is 2.22. The van der Waals surface area contributed by atoms with Crippen LogP contribution in [0.25, 0.3) is 5.78 Å². The molecule has 0 saturated carbocycles. The molecule has 0 fully saturated rings. The molecule has 0 aliphatic heterocycles. The van der Waals surface area contributed by atoms with E-state index in [2.05, 4.69) is 20.4 Å². The Morgan fingerprint density at radius 2 is 1.83 bits per heavy atom. The summed E-state index contributed by atoms with van der Waals surface area (Å²) in [6, 6.07) is -0.00185. The Morgan fingerprint density at radius 1 is 1.21 bits per heavy atom. The van der Waals surface area contributed by atoms with Gasteiger partial charge in [0.1, 0.15) is 0 Å². The van der Waals surface area contributed by atoms with Crippen molar-refractivity contribution in [2.24, 2.45) is 5.92 Å². The standard InChI is InChI=1S/C15H20F3N5O/c1-7(2)8(3)19-12(24)6-11-9(4)20-14-21-13(15(16,17)18)22-23(14)10(11)5/h7-8H,6H2,1-5H3,(H,19,24)/t8-/m1/s1. The summed E-state index contributed by atoms with van der Waals surface area (Å²) in [7, 11) is 0. The number of carbonyl (C=O) groups is 1. The molecule has 24 heavy (non-hydrogen) atoms. The van der Waals surface area contributed by atoms with Crippen LogP contribution >= 0.6 is 0 Å². The molecule has 0 spiro atoms. The monoisotopic (exact) mass is 343 g/mol. The lowest BCUT2D eigenvalue weighted by Crippen LogP contribution is -2.37. The zero-order valence-electron chi connectivity index (χ0n) is 14.2. The highest BCUT2D eigenvalue weighted by atomic mass is 19.4. The number of amides is 1. The number of alkyl halides is 3. The van der Waals surface area contributed by atoms with Crippen LogP contribution in [0.1, 0.15) is 43.5 Å². The van der Waals surface area contributed by atoms with Crippen LogP contribution in [0, 0.1) is 19.8 Å². The quantitative estimate of drug-likeness (QED) is 0.926. The Balaban J connectivity index is 2.36. The highest BCUT2D eigenvalue weighted by molar-refractivity contribution is 5.79. The average Bonchev–Trinajstić information content (AvgIpc) is 2.87. The van der Waals surface area contributed by atoms with Crippen LogP contribution in [0.3, 0.4) is 0 Å². The van der Waals surface area contributed by atoms with Gasteiger partial charge in [-0.3, -0.25) is 4.79 Å². The van der Waals surface area contributed by atoms with Gasteiger partial charge in [0.2, 0.25) is 5.91 Å². The third-order valence-electron chi connectivity index (χ3n) is 4.03. The maximum atomic E-state index is 12.8. The second-order valence-electron chi connectivity index (χ2n) is 6.18. The molecule has 0 unspecified atom stereocenters. The summed E-state index contributed by atoms with van der Waals surface area (Å²) in [5.41, 5.74) is 1.44. The summed E-state index contributed by atoms with van der Waals surface area (Å²) in [6.07, 6.45) is -4.61. The SMILES string of the molecule is Cc1nc2nc(C(F)(F)F)nn2c(C)c1CC(=O)N[C@H](C)C(C)C. The molecule has 0 aliphatic carbocycles. The fraction of sp³-hybridized carbons (Fsp3) is 0.600. The topological polar surface area (TPSA) is 72.2 Å². The summed E-state index contributed by atoms with van der Waals surface area (Å²) in [5, 5.41) is 6.34. The second-order valence-corrected chi connectivity index (χ2v) is 6.18. The number of rotatable bonds is 4. The van der Waals surface area contributed by atoms with Gasteiger partial charge in [0.05, 0.1) is 6.42 Å². The minimum Gasteiger partial charge on any atom is -0.353 e. The number of aryl methyl sites for hydroxylation is 2. The summed E-state index contributed by atoms with van der Waals surface area (Å²) in [6.45, 7) is 9.12. The van der Waals surface area contributed by atoms with Crippen LogP contribution in [0.15, 0.2) is 0 Å². The van der Waals surface area contributed by atoms with Crippen LogP contribution in [0.2, 0.25) is 0 Å². The van der Waals surface area contributed by atoms with Gasteiger partial charge in [-0.15, -0.1) is 5.10 Å². The molecule has 2 rings (SSSR count). The summed E-state index contributed by atoms with van der Waals surface area (Å²) >= 11 is 0. The smallest absolute Gasteiger partial charge is 0.353 e. The molecule has 0 aliphatic rings. The number of aromatic nitrogens is 4. The third kappa shape index (κ3) is 3.65. The Morgan fingerprint density at radius 3 is 2.38 bits per heavy atom. The van der Waals surface area contributed by atoms with Crippen molar-refractivity contribution in [1.82, 2.24) is 24.9 Å². The molecule has 2 aromatic rings. The molecule has 0 bridgehead atoms. The van der Waals surface area contributed by atoms with E-state index in [0.717, 1.165) is 4.52 Å². The van der Waals surface area contributed by atoms with Crippen molar-refractivity contribution in [3.63, 3.8) is 0 Å². The molecule has 0 aromatic carbocycles. The van der Waals surface area contributed by atoms with E-state index in [4.69, 9.17) is 0 Å². The van der Waals surface area contributed by atoms with Gasteiger partial charge >= 0.3 is 6.18 Å². The van der Waals surface area contributed by atoms with Crippen LogP contribution < -0.4 is 5.32 Å². The van der Waals surface area contributed by atoms with Gasteiger partial charge in [-0.05, 0) is 26.7 Å². The lowest BCUT2D eigenvalue weighted by molar-refractivity contribution is -0.144. The lowest BCUT2D eigenvalue weighted by Gasteiger charge is -2.18. The van der Waals surface area contributed by atoms with Gasteiger partial charge in [0, 0.05) is 23.0 Å². The van der Waals surface area contributed by atoms with E-state index < -0.39 is 12.0 Å².